The molecule has 0 radical (unpaired) electrons. The molecule has 206 valence electrons. The zero-order valence-electron chi connectivity index (χ0n) is 24.0. The minimum absolute atomic E-state index is 0.0182. The van der Waals surface area contributed by atoms with Crippen LogP contribution in [0, 0.1) is 0 Å². The summed E-state index contributed by atoms with van der Waals surface area (Å²) in [7, 11) is 0. The summed E-state index contributed by atoms with van der Waals surface area (Å²) < 4.78 is 0. The van der Waals surface area contributed by atoms with Crippen molar-refractivity contribution in [1.29, 1.82) is 0 Å². The third-order valence-corrected chi connectivity index (χ3v) is 7.41. The topological polar surface area (TPSA) is 110 Å². The van der Waals surface area contributed by atoms with Crippen LogP contribution in [0.4, 0.5) is 5.69 Å². The van der Waals surface area contributed by atoms with Crippen LogP contribution in [0.25, 0.3) is 0 Å². The molecule has 0 aromatic heterocycles. The molecule has 6 N–H and O–H groups in total. The maximum absolute atomic E-state index is 12.4. The highest BCUT2D eigenvalue weighted by Crippen LogP contribution is 2.29. The zero-order valence-corrected chi connectivity index (χ0v) is 24.0. The summed E-state index contributed by atoms with van der Waals surface area (Å²) in [5.74, 6) is 0.0182. The first kappa shape index (κ1) is 29.1. The van der Waals surface area contributed by atoms with Gasteiger partial charge in [0.2, 0.25) is 5.43 Å². The van der Waals surface area contributed by atoms with Crippen molar-refractivity contribution in [1.82, 2.24) is 21.3 Å². The first-order valence-corrected chi connectivity index (χ1v) is 13.9. The van der Waals surface area contributed by atoms with Gasteiger partial charge in [0.15, 0.2) is 11.1 Å². The second-order valence-electron chi connectivity index (χ2n) is 13.8. The molecular formula is C28H52N6O2. The van der Waals surface area contributed by atoms with Crippen LogP contribution in [0.2, 0.25) is 0 Å². The van der Waals surface area contributed by atoms with Crippen LogP contribution in [0.15, 0.2) is 9.79 Å². The fourth-order valence-corrected chi connectivity index (χ4v) is 6.82. The second-order valence-corrected chi connectivity index (χ2v) is 13.8. The summed E-state index contributed by atoms with van der Waals surface area (Å²) in [6.45, 7) is 21.0. The number of hydrogen-bond donors (Lipinski definition) is 6. The van der Waals surface area contributed by atoms with Gasteiger partial charge in [-0.3, -0.25) is 9.79 Å². The Morgan fingerprint density at radius 2 is 1.22 bits per heavy atom. The van der Waals surface area contributed by atoms with Gasteiger partial charge < -0.3 is 31.7 Å². The van der Waals surface area contributed by atoms with E-state index in [1.54, 1.807) is 0 Å². The molecule has 2 aliphatic heterocycles. The third-order valence-electron chi connectivity index (χ3n) is 7.41. The highest BCUT2D eigenvalue weighted by molar-refractivity contribution is 5.60. The number of hydrogen-bond acceptors (Lipinski definition) is 8. The number of anilines is 1. The number of piperidine rings is 2. The van der Waals surface area contributed by atoms with E-state index in [9.17, 15) is 9.90 Å². The van der Waals surface area contributed by atoms with Gasteiger partial charge in [0.05, 0.1) is 0 Å². The summed E-state index contributed by atoms with van der Waals surface area (Å²) in [6, 6.07) is 0.954. The molecule has 8 nitrogen and oxygen atoms in total. The van der Waals surface area contributed by atoms with Crippen molar-refractivity contribution in [3.8, 4) is 5.75 Å². The minimum atomic E-state index is -0.169. The SMILES string of the molecule is CC1(C)CC(NCCCN=c2c(O)c(NCCCNC3CC(C)(C)NC(C)(C)C3)c2=O)CC(C)(C)N1. The normalized spacial score (nSPS) is 24.3. The lowest BCUT2D eigenvalue weighted by Gasteiger charge is -2.46. The van der Waals surface area contributed by atoms with Crippen molar-refractivity contribution in [2.24, 2.45) is 4.99 Å². The van der Waals surface area contributed by atoms with Crippen LogP contribution < -0.4 is 37.4 Å². The average Bonchev–Trinajstić information content (AvgIpc) is 2.68. The standard InChI is InChI=1S/C28H52N6O2/c1-25(2)15-19(16-26(3,4)33-25)29-11-9-13-31-21-23(35)22(24(21)36)32-14-10-12-30-20-17-27(5,6)34-28(7,8)18-20/h19-20,29-31,33-35H,9-18H2,1-8H3. The van der Waals surface area contributed by atoms with Gasteiger partial charge in [0.25, 0.3) is 0 Å². The van der Waals surface area contributed by atoms with Crippen LogP contribution >= 0.6 is 0 Å². The Bertz CT molecular complexity index is 926. The second kappa shape index (κ2) is 11.1. The number of aromatic hydroxyl groups is 1. The third kappa shape index (κ3) is 8.27. The molecule has 0 spiro atoms. The predicted molar refractivity (Wildman–Crippen MR) is 150 cm³/mol. The number of rotatable bonds is 11. The van der Waals surface area contributed by atoms with E-state index in [2.05, 4.69) is 87.0 Å². The molecule has 0 saturated carbocycles. The van der Waals surface area contributed by atoms with Crippen LogP contribution in [0.3, 0.4) is 0 Å². The fourth-order valence-electron chi connectivity index (χ4n) is 6.82. The minimum Gasteiger partial charge on any atom is -0.504 e. The molecule has 0 amide bonds. The summed E-state index contributed by atoms with van der Waals surface area (Å²) in [5.41, 5.74) is 0.635. The van der Waals surface area contributed by atoms with Crippen molar-refractivity contribution in [3.63, 3.8) is 0 Å². The first-order valence-electron chi connectivity index (χ1n) is 13.9. The Balaban J connectivity index is 1.34. The molecule has 2 saturated heterocycles. The summed E-state index contributed by atoms with van der Waals surface area (Å²) >= 11 is 0. The van der Waals surface area contributed by atoms with E-state index in [-0.39, 0.29) is 38.7 Å². The van der Waals surface area contributed by atoms with Crippen molar-refractivity contribution < 1.29 is 5.11 Å². The van der Waals surface area contributed by atoms with E-state index in [0.717, 1.165) is 51.6 Å². The molecule has 3 rings (SSSR count). The lowest BCUT2D eigenvalue weighted by molar-refractivity contribution is 0.146. The zero-order chi connectivity index (χ0) is 26.8. The predicted octanol–water partition coefficient (Wildman–Crippen LogP) is 2.52. The summed E-state index contributed by atoms with van der Waals surface area (Å²) in [5, 5.41) is 28.4. The maximum Gasteiger partial charge on any atom is 0.234 e. The van der Waals surface area contributed by atoms with Crippen LogP contribution in [-0.2, 0) is 0 Å². The van der Waals surface area contributed by atoms with Crippen molar-refractivity contribution >= 4 is 5.69 Å². The van der Waals surface area contributed by atoms with Crippen LogP contribution in [0.5, 0.6) is 5.75 Å². The van der Waals surface area contributed by atoms with Crippen LogP contribution in [0.1, 0.15) is 93.9 Å². The van der Waals surface area contributed by atoms with E-state index in [4.69, 9.17) is 0 Å². The molecule has 2 heterocycles. The Hall–Kier alpha value is -1.48. The van der Waals surface area contributed by atoms with E-state index >= 15 is 0 Å². The number of nitrogens with one attached hydrogen (secondary N) is 5. The van der Waals surface area contributed by atoms with Gasteiger partial charge in [-0.25, -0.2) is 0 Å². The fraction of sp³-hybridized carbons (Fsp3) is 0.857. The van der Waals surface area contributed by atoms with Gasteiger partial charge in [-0.15, -0.1) is 0 Å². The Morgan fingerprint density at radius 1 is 0.778 bits per heavy atom. The van der Waals surface area contributed by atoms with Gasteiger partial charge in [-0.1, -0.05) is 0 Å². The molecule has 36 heavy (non-hydrogen) atoms. The average molecular weight is 505 g/mol. The quantitative estimate of drug-likeness (QED) is 0.257. The monoisotopic (exact) mass is 504 g/mol. The highest BCUT2D eigenvalue weighted by atomic mass is 16.3. The molecule has 1 aromatic rings. The summed E-state index contributed by atoms with van der Waals surface area (Å²) in [4.78, 5) is 16.8. The Labute approximate surface area is 218 Å². The van der Waals surface area contributed by atoms with Crippen LogP contribution in [-0.4, -0.2) is 65.5 Å². The summed E-state index contributed by atoms with van der Waals surface area (Å²) in [6.07, 6.45) is 6.09. The van der Waals surface area contributed by atoms with Gasteiger partial charge in [-0.2, -0.15) is 0 Å². The molecule has 2 aliphatic rings. The molecule has 0 bridgehead atoms. The molecule has 2 fully saturated rings. The van der Waals surface area contributed by atoms with Crippen molar-refractivity contribution in [2.75, 3.05) is 31.5 Å². The van der Waals surface area contributed by atoms with E-state index < -0.39 is 0 Å². The van der Waals surface area contributed by atoms with Crippen molar-refractivity contribution in [2.45, 2.75) is 128 Å². The molecule has 8 heteroatoms. The van der Waals surface area contributed by atoms with E-state index in [0.29, 0.717) is 30.9 Å². The van der Waals surface area contributed by atoms with Gasteiger partial charge in [0, 0.05) is 47.3 Å². The van der Waals surface area contributed by atoms with Gasteiger partial charge in [0.1, 0.15) is 5.69 Å². The molecular weight excluding hydrogens is 452 g/mol. The van der Waals surface area contributed by atoms with Gasteiger partial charge >= 0.3 is 0 Å². The largest absolute Gasteiger partial charge is 0.504 e. The van der Waals surface area contributed by atoms with Crippen molar-refractivity contribution in [3.05, 3.63) is 15.6 Å². The molecule has 0 aliphatic carbocycles. The van der Waals surface area contributed by atoms with Gasteiger partial charge in [-0.05, 0) is 107 Å². The van der Waals surface area contributed by atoms with E-state index in [1.807, 2.05) is 0 Å². The maximum atomic E-state index is 12.4. The highest BCUT2D eigenvalue weighted by Gasteiger charge is 2.38. The lowest BCUT2D eigenvalue weighted by atomic mass is 9.79. The molecule has 0 unspecified atom stereocenters. The molecule has 0 atom stereocenters. The first-order chi connectivity index (χ1) is 16.6. The molecule has 1 aromatic carbocycles. The Morgan fingerprint density at radius 3 is 1.67 bits per heavy atom. The van der Waals surface area contributed by atoms with E-state index in [1.165, 1.54) is 0 Å². The number of nitrogens with zero attached hydrogens (tertiary/aromatic N) is 1. The Kier molecular flexibility index (Phi) is 8.96. The lowest BCUT2D eigenvalue weighted by Crippen LogP contribution is -2.61. The smallest absolute Gasteiger partial charge is 0.234 e.